The molecule has 0 radical (unpaired) electrons. The third-order valence-corrected chi connectivity index (χ3v) is 1.85. The molecule has 0 saturated heterocycles. The van der Waals surface area contributed by atoms with Gasteiger partial charge in [0.05, 0.1) is 0 Å². The van der Waals surface area contributed by atoms with Gasteiger partial charge in [0.2, 0.25) is 5.91 Å². The zero-order valence-corrected chi connectivity index (χ0v) is 8.30. The van der Waals surface area contributed by atoms with Crippen LogP contribution in [0.25, 0.3) is 0 Å². The van der Waals surface area contributed by atoms with Crippen LogP contribution in [0.4, 0.5) is 0 Å². The third kappa shape index (κ3) is 2.69. The second-order valence-corrected chi connectivity index (χ2v) is 3.13. The third-order valence-electron chi connectivity index (χ3n) is 1.85. The number of aromatic nitrogens is 2. The summed E-state index contributed by atoms with van der Waals surface area (Å²) in [4.78, 5) is 27.4. The highest BCUT2D eigenvalue weighted by Gasteiger charge is 2.04. The summed E-state index contributed by atoms with van der Waals surface area (Å²) in [6.07, 6.45) is 3.38. The Labute approximate surface area is 82.0 Å². The van der Waals surface area contributed by atoms with Crippen LogP contribution in [0.3, 0.4) is 0 Å². The summed E-state index contributed by atoms with van der Waals surface area (Å²) in [6, 6.07) is 1.67. The molecular formula is C9H13N3O2. The lowest BCUT2D eigenvalue weighted by Gasteiger charge is -2.10. The van der Waals surface area contributed by atoms with E-state index in [1.54, 1.807) is 26.4 Å². The smallest absolute Gasteiger partial charge is 0.347 e. The zero-order chi connectivity index (χ0) is 10.6. The molecule has 0 fully saturated rings. The van der Waals surface area contributed by atoms with Crippen LogP contribution in [-0.2, 0) is 11.3 Å². The van der Waals surface area contributed by atoms with Crippen molar-refractivity contribution in [1.29, 1.82) is 0 Å². The van der Waals surface area contributed by atoms with Crippen molar-refractivity contribution < 1.29 is 4.79 Å². The van der Waals surface area contributed by atoms with Gasteiger partial charge in [-0.25, -0.2) is 9.78 Å². The average Bonchev–Trinajstić information content (AvgIpc) is 2.16. The van der Waals surface area contributed by atoms with Gasteiger partial charge in [0.1, 0.15) is 0 Å². The quantitative estimate of drug-likeness (QED) is 0.666. The number of aryl methyl sites for hydroxylation is 1. The van der Waals surface area contributed by atoms with Gasteiger partial charge in [-0.2, -0.15) is 0 Å². The van der Waals surface area contributed by atoms with Gasteiger partial charge in [-0.05, 0) is 6.07 Å². The minimum Gasteiger partial charge on any atom is -0.349 e. The molecule has 1 aromatic heterocycles. The summed E-state index contributed by atoms with van der Waals surface area (Å²) in [5, 5.41) is 0. The molecule has 0 N–H and O–H groups in total. The number of hydrogen-bond acceptors (Lipinski definition) is 3. The number of carbonyl (C=O) groups excluding carboxylic acids is 1. The highest BCUT2D eigenvalue weighted by atomic mass is 16.2. The van der Waals surface area contributed by atoms with Crippen molar-refractivity contribution in [2.24, 2.45) is 0 Å². The Bertz CT molecular complexity index is 370. The fourth-order valence-corrected chi connectivity index (χ4v) is 0.997. The lowest BCUT2D eigenvalue weighted by atomic mass is 10.4. The van der Waals surface area contributed by atoms with E-state index in [1.165, 1.54) is 15.7 Å². The first-order valence-corrected chi connectivity index (χ1v) is 4.33. The van der Waals surface area contributed by atoms with Crippen LogP contribution in [-0.4, -0.2) is 34.5 Å². The number of hydrogen-bond donors (Lipinski definition) is 0. The van der Waals surface area contributed by atoms with E-state index in [0.717, 1.165) is 0 Å². The van der Waals surface area contributed by atoms with Crippen LogP contribution in [0.1, 0.15) is 6.42 Å². The highest BCUT2D eigenvalue weighted by Crippen LogP contribution is 1.90. The highest BCUT2D eigenvalue weighted by molar-refractivity contribution is 5.75. The Morgan fingerprint density at radius 2 is 2.29 bits per heavy atom. The van der Waals surface area contributed by atoms with Gasteiger partial charge in [-0.1, -0.05) is 0 Å². The van der Waals surface area contributed by atoms with Gasteiger partial charge in [-0.3, -0.25) is 9.36 Å². The van der Waals surface area contributed by atoms with E-state index in [2.05, 4.69) is 4.98 Å². The normalized spacial score (nSPS) is 9.86. The van der Waals surface area contributed by atoms with Crippen molar-refractivity contribution in [2.75, 3.05) is 14.1 Å². The van der Waals surface area contributed by atoms with E-state index in [4.69, 9.17) is 0 Å². The molecule has 0 aliphatic heterocycles. The Kier molecular flexibility index (Phi) is 3.39. The minimum atomic E-state index is -0.320. The molecule has 1 rings (SSSR count). The van der Waals surface area contributed by atoms with Crippen molar-refractivity contribution in [2.45, 2.75) is 13.0 Å². The Morgan fingerprint density at radius 1 is 1.57 bits per heavy atom. The van der Waals surface area contributed by atoms with Gasteiger partial charge in [-0.15, -0.1) is 0 Å². The average molecular weight is 195 g/mol. The molecule has 0 unspecified atom stereocenters. The molecule has 0 atom stereocenters. The maximum absolute atomic E-state index is 11.2. The van der Waals surface area contributed by atoms with Crippen molar-refractivity contribution >= 4 is 5.91 Å². The van der Waals surface area contributed by atoms with E-state index >= 15 is 0 Å². The van der Waals surface area contributed by atoms with E-state index in [1.807, 2.05) is 0 Å². The molecule has 1 aromatic rings. The van der Waals surface area contributed by atoms with Crippen LogP contribution in [0, 0.1) is 0 Å². The molecule has 0 aliphatic carbocycles. The van der Waals surface area contributed by atoms with Gasteiger partial charge >= 0.3 is 5.69 Å². The Morgan fingerprint density at radius 3 is 2.86 bits per heavy atom. The van der Waals surface area contributed by atoms with Crippen LogP contribution in [0.2, 0.25) is 0 Å². The topological polar surface area (TPSA) is 55.2 Å². The molecule has 0 bridgehead atoms. The van der Waals surface area contributed by atoms with E-state index in [9.17, 15) is 9.59 Å². The van der Waals surface area contributed by atoms with Crippen LogP contribution < -0.4 is 5.69 Å². The van der Waals surface area contributed by atoms with Crippen molar-refractivity contribution in [3.63, 3.8) is 0 Å². The zero-order valence-electron chi connectivity index (χ0n) is 8.30. The number of amides is 1. The number of carbonyl (C=O) groups is 1. The first-order chi connectivity index (χ1) is 6.61. The van der Waals surface area contributed by atoms with Crippen molar-refractivity contribution in [1.82, 2.24) is 14.5 Å². The molecule has 0 saturated carbocycles. The minimum absolute atomic E-state index is 0.000697. The predicted octanol–water partition coefficient (Wildman–Crippen LogP) is -0.278. The second-order valence-electron chi connectivity index (χ2n) is 3.13. The van der Waals surface area contributed by atoms with E-state index in [0.29, 0.717) is 13.0 Å². The molecule has 1 heterocycles. The second kappa shape index (κ2) is 4.55. The lowest BCUT2D eigenvalue weighted by Crippen LogP contribution is -2.27. The van der Waals surface area contributed by atoms with E-state index < -0.39 is 0 Å². The Hall–Kier alpha value is -1.65. The molecule has 0 aliphatic rings. The maximum atomic E-state index is 11.2. The van der Waals surface area contributed by atoms with Crippen LogP contribution in [0.5, 0.6) is 0 Å². The first-order valence-electron chi connectivity index (χ1n) is 4.33. The largest absolute Gasteiger partial charge is 0.349 e. The summed E-state index contributed by atoms with van der Waals surface area (Å²) < 4.78 is 1.42. The van der Waals surface area contributed by atoms with Gasteiger partial charge in [0.15, 0.2) is 0 Å². The molecule has 5 nitrogen and oxygen atoms in total. The number of nitrogens with zero attached hydrogens (tertiary/aromatic N) is 3. The molecule has 14 heavy (non-hydrogen) atoms. The summed E-state index contributed by atoms with van der Waals surface area (Å²) in [6.45, 7) is 0.379. The summed E-state index contributed by atoms with van der Waals surface area (Å²) in [5.41, 5.74) is -0.320. The molecular weight excluding hydrogens is 182 g/mol. The lowest BCUT2D eigenvalue weighted by molar-refractivity contribution is -0.128. The fraction of sp³-hybridized carbons (Fsp3) is 0.444. The summed E-state index contributed by atoms with van der Waals surface area (Å²) >= 11 is 0. The van der Waals surface area contributed by atoms with E-state index in [-0.39, 0.29) is 11.6 Å². The monoisotopic (exact) mass is 195 g/mol. The number of rotatable bonds is 3. The fourth-order valence-electron chi connectivity index (χ4n) is 0.997. The first kappa shape index (κ1) is 10.4. The molecule has 76 valence electrons. The van der Waals surface area contributed by atoms with Crippen LogP contribution >= 0.6 is 0 Å². The molecule has 0 spiro atoms. The van der Waals surface area contributed by atoms with Gasteiger partial charge in [0, 0.05) is 39.5 Å². The molecule has 0 aromatic carbocycles. The SMILES string of the molecule is CN(C)C(=O)CCn1cccnc1=O. The predicted molar refractivity (Wildman–Crippen MR) is 51.8 cm³/mol. The van der Waals surface area contributed by atoms with Crippen molar-refractivity contribution in [3.8, 4) is 0 Å². The molecule has 5 heteroatoms. The van der Waals surface area contributed by atoms with Gasteiger partial charge in [0.25, 0.3) is 0 Å². The standard InChI is InChI=1S/C9H13N3O2/c1-11(2)8(13)4-7-12-6-3-5-10-9(12)14/h3,5-6H,4,7H2,1-2H3. The maximum Gasteiger partial charge on any atom is 0.347 e. The van der Waals surface area contributed by atoms with Gasteiger partial charge < -0.3 is 4.90 Å². The van der Waals surface area contributed by atoms with Crippen LogP contribution in [0.15, 0.2) is 23.3 Å². The summed E-state index contributed by atoms with van der Waals surface area (Å²) in [5.74, 6) is 0.000697. The van der Waals surface area contributed by atoms with Crippen molar-refractivity contribution in [3.05, 3.63) is 28.9 Å². The molecule has 1 amide bonds. The summed E-state index contributed by atoms with van der Waals surface area (Å²) in [7, 11) is 3.38. The Balaban J connectivity index is 2.59.